The van der Waals surface area contributed by atoms with Crippen LogP contribution in [-0.4, -0.2) is 46.9 Å². The van der Waals surface area contributed by atoms with Crippen molar-refractivity contribution < 1.29 is 8.95 Å². The molecular weight excluding hydrogens is 485 g/mol. The minimum atomic E-state index is -0.699. The standard InChI is InChI=1S/C21H33N3O2S.HI/c1-3-22-21(24-17-8-7-9-18(14-17)27(25)4-2)23-15-16-12-13-26-20-11-6-5-10-19(16)20;/h5-6,10-11,16-18H,3-4,7-9,12-15H2,1-2H3,(H2,22,23,24);1H. The number of aliphatic imine (C=N–C) groups is 1. The Balaban J connectivity index is 0.00000280. The molecule has 0 amide bonds. The Labute approximate surface area is 189 Å². The number of benzene rings is 1. The fraction of sp³-hybridized carbons (Fsp3) is 0.667. The van der Waals surface area contributed by atoms with Crippen molar-refractivity contribution in [3.63, 3.8) is 0 Å². The Morgan fingerprint density at radius 1 is 1.25 bits per heavy atom. The lowest BCUT2D eigenvalue weighted by atomic mass is 9.93. The average Bonchev–Trinajstić information content (AvgIpc) is 2.71. The van der Waals surface area contributed by atoms with E-state index in [1.807, 2.05) is 19.1 Å². The molecule has 4 unspecified atom stereocenters. The van der Waals surface area contributed by atoms with Crippen molar-refractivity contribution in [3.8, 4) is 5.75 Å². The molecular formula is C21H34IN3O2S. The van der Waals surface area contributed by atoms with Crippen molar-refractivity contribution in [2.75, 3.05) is 25.4 Å². The summed E-state index contributed by atoms with van der Waals surface area (Å²) in [7, 11) is -0.699. The second-order valence-electron chi connectivity index (χ2n) is 7.39. The lowest BCUT2D eigenvalue weighted by molar-refractivity contribution is 0.269. The summed E-state index contributed by atoms with van der Waals surface area (Å²) in [5.74, 6) is 3.04. The van der Waals surface area contributed by atoms with E-state index >= 15 is 0 Å². The fourth-order valence-electron chi connectivity index (χ4n) is 4.07. The Kier molecular flexibility index (Phi) is 10.0. The highest BCUT2D eigenvalue weighted by atomic mass is 127. The molecule has 0 aromatic heterocycles. The number of rotatable bonds is 6. The second kappa shape index (κ2) is 12.0. The van der Waals surface area contributed by atoms with Gasteiger partial charge in [0.2, 0.25) is 0 Å². The molecule has 2 aliphatic rings. The van der Waals surface area contributed by atoms with E-state index in [0.29, 0.717) is 17.2 Å². The summed E-state index contributed by atoms with van der Waals surface area (Å²) in [5.41, 5.74) is 1.26. The molecule has 0 radical (unpaired) electrons. The highest BCUT2D eigenvalue weighted by Gasteiger charge is 2.26. The number of guanidine groups is 1. The molecule has 158 valence electrons. The first-order valence-corrected chi connectivity index (χ1v) is 11.7. The van der Waals surface area contributed by atoms with Gasteiger partial charge in [0.05, 0.1) is 6.61 Å². The van der Waals surface area contributed by atoms with Gasteiger partial charge in [0.25, 0.3) is 0 Å². The van der Waals surface area contributed by atoms with Gasteiger partial charge in [0.15, 0.2) is 5.96 Å². The van der Waals surface area contributed by atoms with Crippen LogP contribution >= 0.6 is 24.0 Å². The first-order valence-electron chi connectivity index (χ1n) is 10.3. The zero-order valence-electron chi connectivity index (χ0n) is 17.0. The summed E-state index contributed by atoms with van der Waals surface area (Å²) >= 11 is 0. The summed E-state index contributed by atoms with van der Waals surface area (Å²) in [5, 5.41) is 7.31. The third-order valence-electron chi connectivity index (χ3n) is 5.52. The van der Waals surface area contributed by atoms with Crippen LogP contribution in [0, 0.1) is 0 Å². The van der Waals surface area contributed by atoms with Gasteiger partial charge in [-0.2, -0.15) is 0 Å². The van der Waals surface area contributed by atoms with Crippen molar-refractivity contribution in [2.45, 2.75) is 63.2 Å². The van der Waals surface area contributed by atoms with Crippen LogP contribution in [0.2, 0.25) is 0 Å². The number of ether oxygens (including phenoxy) is 1. The van der Waals surface area contributed by atoms with Crippen LogP contribution in [0.15, 0.2) is 29.3 Å². The molecule has 28 heavy (non-hydrogen) atoms. The zero-order chi connectivity index (χ0) is 19.1. The van der Waals surface area contributed by atoms with Crippen LogP contribution in [0.5, 0.6) is 5.75 Å². The Morgan fingerprint density at radius 3 is 2.86 bits per heavy atom. The predicted molar refractivity (Wildman–Crippen MR) is 129 cm³/mol. The van der Waals surface area contributed by atoms with E-state index in [0.717, 1.165) is 69.3 Å². The van der Waals surface area contributed by atoms with Crippen molar-refractivity contribution in [3.05, 3.63) is 29.8 Å². The summed E-state index contributed by atoms with van der Waals surface area (Å²) in [6.07, 6.45) is 5.33. The zero-order valence-corrected chi connectivity index (χ0v) is 20.1. The van der Waals surface area contributed by atoms with Crippen LogP contribution in [0.3, 0.4) is 0 Å². The van der Waals surface area contributed by atoms with Gasteiger partial charge in [-0.05, 0) is 44.2 Å². The number of fused-ring (bicyclic) bond motifs is 1. The minimum absolute atomic E-state index is 0. The molecule has 2 N–H and O–H groups in total. The topological polar surface area (TPSA) is 62.7 Å². The van der Waals surface area contributed by atoms with Crippen molar-refractivity contribution in [1.29, 1.82) is 0 Å². The number of hydrogen-bond acceptors (Lipinski definition) is 3. The van der Waals surface area contributed by atoms with Crippen molar-refractivity contribution >= 4 is 40.7 Å². The van der Waals surface area contributed by atoms with Gasteiger partial charge in [-0.25, -0.2) is 0 Å². The van der Waals surface area contributed by atoms with Gasteiger partial charge < -0.3 is 15.4 Å². The van der Waals surface area contributed by atoms with Gasteiger partial charge in [-0.1, -0.05) is 31.5 Å². The van der Waals surface area contributed by atoms with E-state index in [9.17, 15) is 4.21 Å². The monoisotopic (exact) mass is 519 g/mol. The first kappa shape index (κ1) is 23.4. The molecule has 3 rings (SSSR count). The predicted octanol–water partition coefficient (Wildman–Crippen LogP) is 3.81. The molecule has 0 spiro atoms. The SMILES string of the molecule is CCNC(=NCC1CCOc2ccccc21)NC1CCCC(S(=O)CC)C1.I. The quantitative estimate of drug-likeness (QED) is 0.341. The van der Waals surface area contributed by atoms with Gasteiger partial charge >= 0.3 is 0 Å². The smallest absolute Gasteiger partial charge is 0.191 e. The van der Waals surface area contributed by atoms with Crippen molar-refractivity contribution in [1.82, 2.24) is 10.6 Å². The van der Waals surface area contributed by atoms with E-state index in [-0.39, 0.29) is 24.0 Å². The highest BCUT2D eigenvalue weighted by molar-refractivity contribution is 14.0. The molecule has 1 aliphatic carbocycles. The molecule has 0 bridgehead atoms. The van der Waals surface area contributed by atoms with E-state index in [1.165, 1.54) is 5.56 Å². The maximum Gasteiger partial charge on any atom is 0.191 e. The summed E-state index contributed by atoms with van der Waals surface area (Å²) in [6.45, 7) is 6.47. The Morgan fingerprint density at radius 2 is 2.07 bits per heavy atom. The van der Waals surface area contributed by atoms with Crippen LogP contribution in [0.1, 0.15) is 57.4 Å². The molecule has 1 saturated carbocycles. The molecule has 0 saturated heterocycles. The Bertz CT molecular complexity index is 671. The Hall–Kier alpha value is -0.830. The first-order chi connectivity index (χ1) is 13.2. The van der Waals surface area contributed by atoms with E-state index in [2.05, 4.69) is 29.7 Å². The molecule has 5 nitrogen and oxygen atoms in total. The molecule has 1 heterocycles. The maximum atomic E-state index is 12.2. The second-order valence-corrected chi connectivity index (χ2v) is 9.40. The lowest BCUT2D eigenvalue weighted by Crippen LogP contribution is -2.46. The van der Waals surface area contributed by atoms with Crippen LogP contribution in [0.25, 0.3) is 0 Å². The van der Waals surface area contributed by atoms with E-state index in [1.54, 1.807) is 0 Å². The fourth-order valence-corrected chi connectivity index (χ4v) is 5.42. The van der Waals surface area contributed by atoms with Crippen LogP contribution in [-0.2, 0) is 10.8 Å². The number of para-hydroxylation sites is 1. The van der Waals surface area contributed by atoms with Gasteiger partial charge in [0, 0.05) is 46.9 Å². The van der Waals surface area contributed by atoms with Gasteiger partial charge in [-0.3, -0.25) is 9.20 Å². The lowest BCUT2D eigenvalue weighted by Gasteiger charge is -2.30. The molecule has 1 aliphatic heterocycles. The third-order valence-corrected chi connectivity index (χ3v) is 7.26. The van der Waals surface area contributed by atoms with Crippen LogP contribution < -0.4 is 15.4 Å². The third kappa shape index (κ3) is 6.34. The molecule has 1 aromatic rings. The molecule has 7 heteroatoms. The van der Waals surface area contributed by atoms with E-state index < -0.39 is 10.8 Å². The van der Waals surface area contributed by atoms with Crippen molar-refractivity contribution in [2.24, 2.45) is 4.99 Å². The van der Waals surface area contributed by atoms with E-state index in [4.69, 9.17) is 9.73 Å². The number of hydrogen-bond donors (Lipinski definition) is 2. The summed E-state index contributed by atoms with van der Waals surface area (Å²) in [4.78, 5) is 4.88. The largest absolute Gasteiger partial charge is 0.493 e. The molecule has 1 fully saturated rings. The van der Waals surface area contributed by atoms with Gasteiger partial charge in [-0.15, -0.1) is 24.0 Å². The normalized spacial score (nSPS) is 25.6. The van der Waals surface area contributed by atoms with Crippen LogP contribution in [0.4, 0.5) is 0 Å². The number of nitrogens with zero attached hydrogens (tertiary/aromatic N) is 1. The molecule has 4 atom stereocenters. The highest BCUT2D eigenvalue weighted by Crippen LogP contribution is 2.33. The molecule has 1 aromatic carbocycles. The number of nitrogens with one attached hydrogen (secondary N) is 2. The van der Waals surface area contributed by atoms with Gasteiger partial charge in [0.1, 0.15) is 5.75 Å². The average molecular weight is 519 g/mol. The maximum absolute atomic E-state index is 12.2. The summed E-state index contributed by atoms with van der Waals surface area (Å²) < 4.78 is 18.0. The minimum Gasteiger partial charge on any atom is -0.493 e. The summed E-state index contributed by atoms with van der Waals surface area (Å²) in [6, 6.07) is 8.66. The number of halogens is 1.